The van der Waals surface area contributed by atoms with Gasteiger partial charge in [-0.15, -0.1) is 0 Å². The summed E-state index contributed by atoms with van der Waals surface area (Å²) in [5, 5.41) is 11.3. The maximum absolute atomic E-state index is 11.2. The Bertz CT molecular complexity index is 231. The predicted octanol–water partition coefficient (Wildman–Crippen LogP) is 0.0210. The second kappa shape index (κ2) is 6.40. The molecule has 0 aromatic heterocycles. The van der Waals surface area contributed by atoms with Crippen LogP contribution in [0.15, 0.2) is 0 Å². The minimum Gasteiger partial charge on any atom is -0.481 e. The molecule has 0 saturated carbocycles. The lowest BCUT2D eigenvalue weighted by molar-refractivity contribution is -0.141. The van der Waals surface area contributed by atoms with Gasteiger partial charge in [0.05, 0.1) is 5.92 Å². The standard InChI is InChI=1S/C10H20N2O3/c1-7(9(13)11-3)5-12(4)6-8(2)10(14)15/h7-8H,5-6H2,1-4H3,(H,11,13)(H,14,15). The molecule has 2 unspecified atom stereocenters. The number of carboxylic acids is 1. The third-order valence-electron chi connectivity index (χ3n) is 2.29. The van der Waals surface area contributed by atoms with Gasteiger partial charge in [0.2, 0.25) is 5.91 Å². The highest BCUT2D eigenvalue weighted by Gasteiger charge is 2.17. The number of carbonyl (C=O) groups excluding carboxylic acids is 1. The van der Waals surface area contributed by atoms with E-state index in [1.54, 1.807) is 14.0 Å². The van der Waals surface area contributed by atoms with Gasteiger partial charge in [0.15, 0.2) is 0 Å². The van der Waals surface area contributed by atoms with Crippen LogP contribution in [0.2, 0.25) is 0 Å². The number of aliphatic carboxylic acids is 1. The number of hydrogen-bond acceptors (Lipinski definition) is 3. The molecule has 0 aliphatic carbocycles. The van der Waals surface area contributed by atoms with Crippen molar-refractivity contribution in [3.63, 3.8) is 0 Å². The average molecular weight is 216 g/mol. The van der Waals surface area contributed by atoms with E-state index in [-0.39, 0.29) is 11.8 Å². The Labute approximate surface area is 90.5 Å². The Hall–Kier alpha value is -1.10. The van der Waals surface area contributed by atoms with Gasteiger partial charge < -0.3 is 15.3 Å². The Morgan fingerprint density at radius 1 is 1.27 bits per heavy atom. The largest absolute Gasteiger partial charge is 0.481 e. The second-order valence-corrected chi connectivity index (χ2v) is 3.98. The van der Waals surface area contributed by atoms with E-state index in [1.165, 1.54) is 0 Å². The van der Waals surface area contributed by atoms with Crippen LogP contribution in [0.3, 0.4) is 0 Å². The van der Waals surface area contributed by atoms with Gasteiger partial charge in [-0.1, -0.05) is 13.8 Å². The Morgan fingerprint density at radius 3 is 2.13 bits per heavy atom. The van der Waals surface area contributed by atoms with Crippen LogP contribution in [0.25, 0.3) is 0 Å². The number of amides is 1. The van der Waals surface area contributed by atoms with Crippen LogP contribution in [-0.2, 0) is 9.59 Å². The number of rotatable bonds is 6. The SMILES string of the molecule is CNC(=O)C(C)CN(C)CC(C)C(=O)O. The van der Waals surface area contributed by atoms with Gasteiger partial charge in [-0.25, -0.2) is 0 Å². The predicted molar refractivity (Wildman–Crippen MR) is 57.5 cm³/mol. The van der Waals surface area contributed by atoms with Gasteiger partial charge in [0.1, 0.15) is 0 Å². The molecule has 0 radical (unpaired) electrons. The van der Waals surface area contributed by atoms with Crippen molar-refractivity contribution in [1.82, 2.24) is 10.2 Å². The Balaban J connectivity index is 3.97. The normalized spacial score (nSPS) is 14.7. The van der Waals surface area contributed by atoms with Crippen LogP contribution in [0.4, 0.5) is 0 Å². The van der Waals surface area contributed by atoms with Crippen molar-refractivity contribution in [3.8, 4) is 0 Å². The highest BCUT2D eigenvalue weighted by molar-refractivity contribution is 5.78. The summed E-state index contributed by atoms with van der Waals surface area (Å²) in [5.74, 6) is -1.37. The summed E-state index contributed by atoms with van der Waals surface area (Å²) in [7, 11) is 3.41. The Kier molecular flexibility index (Phi) is 5.93. The van der Waals surface area contributed by atoms with E-state index in [4.69, 9.17) is 5.11 Å². The molecule has 0 spiro atoms. The highest BCUT2D eigenvalue weighted by Crippen LogP contribution is 2.02. The first kappa shape index (κ1) is 13.9. The quantitative estimate of drug-likeness (QED) is 0.657. The van der Waals surface area contributed by atoms with Crippen molar-refractivity contribution in [2.24, 2.45) is 11.8 Å². The van der Waals surface area contributed by atoms with Crippen LogP contribution in [0.1, 0.15) is 13.8 Å². The molecule has 88 valence electrons. The first-order valence-corrected chi connectivity index (χ1v) is 5.01. The number of hydrogen-bond donors (Lipinski definition) is 2. The second-order valence-electron chi connectivity index (χ2n) is 3.98. The van der Waals surface area contributed by atoms with Crippen molar-refractivity contribution in [2.45, 2.75) is 13.8 Å². The summed E-state index contributed by atoms with van der Waals surface area (Å²) in [5.41, 5.74) is 0. The molecule has 5 heteroatoms. The summed E-state index contributed by atoms with van der Waals surface area (Å²) in [6.07, 6.45) is 0. The number of nitrogens with zero attached hydrogens (tertiary/aromatic N) is 1. The van der Waals surface area contributed by atoms with Crippen LogP contribution in [0, 0.1) is 11.8 Å². The van der Waals surface area contributed by atoms with E-state index in [1.807, 2.05) is 18.9 Å². The van der Waals surface area contributed by atoms with Crippen LogP contribution in [-0.4, -0.2) is 49.1 Å². The molecular formula is C10H20N2O3. The molecular weight excluding hydrogens is 196 g/mol. The molecule has 0 aromatic rings. The van der Waals surface area contributed by atoms with Crippen molar-refractivity contribution in [1.29, 1.82) is 0 Å². The molecule has 2 atom stereocenters. The van der Waals surface area contributed by atoms with Gasteiger partial charge in [-0.05, 0) is 7.05 Å². The van der Waals surface area contributed by atoms with Crippen molar-refractivity contribution in [2.75, 3.05) is 27.2 Å². The Morgan fingerprint density at radius 2 is 1.73 bits per heavy atom. The molecule has 0 aliphatic rings. The topological polar surface area (TPSA) is 69.6 Å². The van der Waals surface area contributed by atoms with E-state index in [2.05, 4.69) is 5.32 Å². The molecule has 0 aromatic carbocycles. The van der Waals surface area contributed by atoms with E-state index in [0.29, 0.717) is 13.1 Å². The monoisotopic (exact) mass is 216 g/mol. The molecule has 2 N–H and O–H groups in total. The van der Waals surface area contributed by atoms with Gasteiger partial charge in [0, 0.05) is 26.1 Å². The fourth-order valence-corrected chi connectivity index (χ4v) is 1.42. The van der Waals surface area contributed by atoms with E-state index in [0.717, 1.165) is 0 Å². The fourth-order valence-electron chi connectivity index (χ4n) is 1.42. The fraction of sp³-hybridized carbons (Fsp3) is 0.800. The minimum atomic E-state index is -0.811. The van der Waals surface area contributed by atoms with Crippen molar-refractivity contribution < 1.29 is 14.7 Å². The third kappa shape index (κ3) is 5.37. The zero-order valence-corrected chi connectivity index (χ0v) is 9.78. The summed E-state index contributed by atoms with van der Waals surface area (Å²) in [6, 6.07) is 0. The molecule has 1 amide bonds. The van der Waals surface area contributed by atoms with Gasteiger partial charge in [0.25, 0.3) is 0 Å². The lowest BCUT2D eigenvalue weighted by Crippen LogP contribution is -2.37. The van der Waals surface area contributed by atoms with Crippen molar-refractivity contribution >= 4 is 11.9 Å². The zero-order valence-electron chi connectivity index (χ0n) is 9.78. The first-order chi connectivity index (χ1) is 6.88. The minimum absolute atomic E-state index is 0.0233. The van der Waals surface area contributed by atoms with Crippen molar-refractivity contribution in [3.05, 3.63) is 0 Å². The summed E-state index contributed by atoms with van der Waals surface area (Å²) < 4.78 is 0. The van der Waals surface area contributed by atoms with Crippen LogP contribution >= 0.6 is 0 Å². The molecule has 0 aliphatic heterocycles. The lowest BCUT2D eigenvalue weighted by atomic mass is 10.1. The van der Waals surface area contributed by atoms with Crippen LogP contribution in [0.5, 0.6) is 0 Å². The molecule has 0 bridgehead atoms. The van der Waals surface area contributed by atoms with E-state index < -0.39 is 11.9 Å². The lowest BCUT2D eigenvalue weighted by Gasteiger charge is -2.21. The number of nitrogens with one attached hydrogen (secondary N) is 1. The van der Waals surface area contributed by atoms with Gasteiger partial charge in [-0.2, -0.15) is 0 Å². The zero-order chi connectivity index (χ0) is 12.0. The first-order valence-electron chi connectivity index (χ1n) is 5.01. The smallest absolute Gasteiger partial charge is 0.307 e. The summed E-state index contributed by atoms with van der Waals surface area (Å²) in [4.78, 5) is 23.7. The third-order valence-corrected chi connectivity index (χ3v) is 2.29. The molecule has 5 nitrogen and oxygen atoms in total. The highest BCUT2D eigenvalue weighted by atomic mass is 16.4. The average Bonchev–Trinajstić information content (AvgIpc) is 2.15. The van der Waals surface area contributed by atoms with Crippen LogP contribution < -0.4 is 5.32 Å². The van der Waals surface area contributed by atoms with Gasteiger partial charge >= 0.3 is 5.97 Å². The molecule has 0 fully saturated rings. The number of carbonyl (C=O) groups is 2. The summed E-state index contributed by atoms with van der Waals surface area (Å²) in [6.45, 7) is 4.50. The molecule has 15 heavy (non-hydrogen) atoms. The maximum atomic E-state index is 11.2. The molecule has 0 heterocycles. The van der Waals surface area contributed by atoms with E-state index in [9.17, 15) is 9.59 Å². The van der Waals surface area contributed by atoms with Gasteiger partial charge in [-0.3, -0.25) is 9.59 Å². The molecule has 0 saturated heterocycles. The molecule has 0 rings (SSSR count). The number of carboxylic acid groups (broad SMARTS) is 1. The summed E-state index contributed by atoms with van der Waals surface area (Å²) >= 11 is 0. The van der Waals surface area contributed by atoms with E-state index >= 15 is 0 Å². The maximum Gasteiger partial charge on any atom is 0.307 e.